The van der Waals surface area contributed by atoms with Gasteiger partial charge in [-0.25, -0.2) is 33.7 Å². The first-order valence-corrected chi connectivity index (χ1v) is 21.1. The van der Waals surface area contributed by atoms with Crippen LogP contribution in [0.3, 0.4) is 0 Å². The van der Waals surface area contributed by atoms with Crippen molar-refractivity contribution >= 4 is 58.8 Å². The van der Waals surface area contributed by atoms with E-state index in [0.717, 1.165) is 0 Å². The third-order valence-corrected chi connectivity index (χ3v) is 9.99. The first-order valence-electron chi connectivity index (χ1n) is 20.4. The molecule has 0 bridgehead atoms. The fourth-order valence-corrected chi connectivity index (χ4v) is 6.11. The van der Waals surface area contributed by atoms with E-state index >= 15 is 4.39 Å². The Bertz CT molecular complexity index is 3040. The van der Waals surface area contributed by atoms with Crippen molar-refractivity contribution in [2.75, 3.05) is 10.6 Å². The van der Waals surface area contributed by atoms with Crippen molar-refractivity contribution in [3.8, 4) is 22.8 Å². The number of halogens is 4. The molecule has 0 aliphatic carbocycles. The van der Waals surface area contributed by atoms with Crippen LogP contribution < -0.4 is 67.8 Å². The number of hydrogen-bond acceptors (Lipinski definition) is 20. The fraction of sp³-hybridized carbons (Fsp3) is 0.302. The SMILES string of the molecule is CC(C)(C)c1nc([C-]=O)no1.Cn1ccc(Nc2ncnc(-c3ccc(CCC(=O)c4noc(C(C)(C)C)n4)c(Cl)c3F)n2)n1.Cn1ccc(Nc2ncnc(-c3ccc(CN)c(Cl)c3F)n2)n1.[K+].[OH-]. The van der Waals surface area contributed by atoms with Crippen molar-refractivity contribution in [3.05, 3.63) is 118 Å². The van der Waals surface area contributed by atoms with Crippen LogP contribution in [-0.4, -0.2) is 87.3 Å². The maximum atomic E-state index is 15.1. The summed E-state index contributed by atoms with van der Waals surface area (Å²) < 4.78 is 42.7. The number of ketones is 1. The Labute approximate surface area is 451 Å². The molecule has 5 N–H and O–H groups in total. The van der Waals surface area contributed by atoms with E-state index in [9.17, 15) is 14.0 Å². The van der Waals surface area contributed by atoms with Crippen molar-refractivity contribution in [2.45, 2.75) is 71.8 Å². The molecule has 0 saturated heterocycles. The summed E-state index contributed by atoms with van der Waals surface area (Å²) in [6, 6.07) is 9.86. The smallest absolute Gasteiger partial charge is 0.870 e. The number of nitrogens with one attached hydrogen (secondary N) is 2. The predicted octanol–water partition coefficient (Wildman–Crippen LogP) is 4.22. The quantitative estimate of drug-likeness (QED) is 0.0876. The van der Waals surface area contributed by atoms with Crippen LogP contribution in [-0.2, 0) is 42.7 Å². The van der Waals surface area contributed by atoms with Gasteiger partial charge in [0.2, 0.25) is 35.3 Å². The Balaban J connectivity index is 0.000000255. The van der Waals surface area contributed by atoms with Crippen LogP contribution in [0.2, 0.25) is 10.0 Å². The number of carbonyl (C=O) groups is 1. The fourth-order valence-electron chi connectivity index (χ4n) is 5.61. The van der Waals surface area contributed by atoms with Crippen molar-refractivity contribution in [2.24, 2.45) is 19.8 Å². The number of anilines is 4. The summed E-state index contributed by atoms with van der Waals surface area (Å²) in [7, 11) is 3.57. The van der Waals surface area contributed by atoms with Crippen LogP contribution in [0.4, 0.5) is 32.3 Å². The number of nitrogens with two attached hydrogens (primary N) is 1. The molecule has 0 fully saturated rings. The van der Waals surface area contributed by atoms with Crippen LogP contribution in [0.15, 0.2) is 70.5 Å². The van der Waals surface area contributed by atoms with Crippen LogP contribution >= 0.6 is 23.2 Å². The van der Waals surface area contributed by atoms with Gasteiger partial charge in [0.05, 0.1) is 27.0 Å². The zero-order chi connectivity index (χ0) is 49.3. The number of aryl methyl sites for hydroxylation is 3. The normalized spacial score (nSPS) is 11.0. The first kappa shape index (κ1) is 56.7. The number of nitrogens with zero attached hydrogens (tertiary/aromatic N) is 14. The minimum Gasteiger partial charge on any atom is -0.870 e. The third-order valence-electron chi connectivity index (χ3n) is 9.17. The molecule has 0 radical (unpaired) electrons. The first-order chi connectivity index (χ1) is 32.2. The van der Waals surface area contributed by atoms with Gasteiger partial charge in [-0.2, -0.15) is 31.4 Å². The topological polar surface area (TPSA) is 305 Å². The number of carbonyl (C=O) groups excluding carboxylic acids is 2. The van der Waals surface area contributed by atoms with E-state index in [1.165, 1.54) is 18.7 Å². The number of Topliss-reactive ketones (excluding diaryl/α,β-unsaturated/α-hetero) is 1. The second-order valence-corrected chi connectivity index (χ2v) is 17.4. The zero-order valence-corrected chi connectivity index (χ0v) is 44.0. The summed E-state index contributed by atoms with van der Waals surface area (Å²) in [4.78, 5) is 55.0. The molecule has 8 aromatic rings. The van der Waals surface area contributed by atoms with Crippen LogP contribution in [0, 0.1) is 11.6 Å². The molecule has 2 aromatic carbocycles. The van der Waals surface area contributed by atoms with Gasteiger partial charge >= 0.3 is 51.4 Å². The Morgan fingerprint density at radius 3 is 1.60 bits per heavy atom. The summed E-state index contributed by atoms with van der Waals surface area (Å²) >= 11 is 12.2. The van der Waals surface area contributed by atoms with E-state index in [4.69, 9.17) is 38.0 Å². The van der Waals surface area contributed by atoms with E-state index < -0.39 is 11.6 Å². The number of benzene rings is 2. The Kier molecular flexibility index (Phi) is 20.1. The van der Waals surface area contributed by atoms with E-state index in [2.05, 4.69) is 71.0 Å². The Hall–Kier alpha value is -5.90. The van der Waals surface area contributed by atoms with Crippen molar-refractivity contribution in [1.82, 2.24) is 69.7 Å². The van der Waals surface area contributed by atoms with Gasteiger partial charge in [0.1, 0.15) is 12.7 Å². The molecular weight excluding hydrogens is 983 g/mol. The molecule has 0 unspecified atom stereocenters. The molecule has 27 heteroatoms. The van der Waals surface area contributed by atoms with E-state index in [0.29, 0.717) is 34.5 Å². The van der Waals surface area contributed by atoms with Gasteiger partial charge in [-0.1, -0.05) is 87.2 Å². The van der Waals surface area contributed by atoms with E-state index in [1.807, 2.05) is 41.5 Å². The summed E-state index contributed by atoms with van der Waals surface area (Å²) in [6.07, 6.45) is 7.90. The maximum absolute atomic E-state index is 15.1. The van der Waals surface area contributed by atoms with E-state index in [-0.39, 0.29) is 149 Å². The molecule has 0 atom stereocenters. The molecule has 0 aliphatic rings. The van der Waals surface area contributed by atoms with E-state index in [1.54, 1.807) is 72.5 Å². The predicted molar refractivity (Wildman–Crippen MR) is 247 cm³/mol. The Morgan fingerprint density at radius 2 is 1.19 bits per heavy atom. The van der Waals surface area contributed by atoms with Crippen molar-refractivity contribution in [1.29, 1.82) is 0 Å². The summed E-state index contributed by atoms with van der Waals surface area (Å²) in [6.45, 7) is 11.6. The largest absolute Gasteiger partial charge is 1.00 e. The molecule has 362 valence electrons. The van der Waals surface area contributed by atoms with Gasteiger partial charge in [-0.05, 0) is 29.7 Å². The minimum atomic E-state index is -0.684. The van der Waals surface area contributed by atoms with Gasteiger partial charge < -0.3 is 35.7 Å². The van der Waals surface area contributed by atoms with Gasteiger partial charge in [-0.3, -0.25) is 14.2 Å². The molecule has 6 heterocycles. The zero-order valence-electron chi connectivity index (χ0n) is 39.3. The third kappa shape index (κ3) is 14.8. The van der Waals surface area contributed by atoms with Crippen LogP contribution in [0.5, 0.6) is 0 Å². The van der Waals surface area contributed by atoms with Gasteiger partial charge in [0.25, 0.3) is 0 Å². The molecule has 6 aromatic heterocycles. The molecule has 0 aliphatic heterocycles. The number of hydrogen-bond donors (Lipinski definition) is 3. The van der Waals surface area contributed by atoms with Gasteiger partial charge in [0.15, 0.2) is 34.9 Å². The van der Waals surface area contributed by atoms with Gasteiger partial charge in [-0.15, -0.1) is 0 Å². The van der Waals surface area contributed by atoms with Crippen LogP contribution in [0.25, 0.3) is 22.8 Å². The molecule has 0 amide bonds. The minimum absolute atomic E-state index is 0. The molecule has 0 spiro atoms. The van der Waals surface area contributed by atoms with Crippen molar-refractivity contribution in [3.63, 3.8) is 0 Å². The number of aromatic nitrogens is 14. The van der Waals surface area contributed by atoms with Crippen LogP contribution in [0.1, 0.15) is 87.3 Å². The summed E-state index contributed by atoms with van der Waals surface area (Å²) in [5, 5.41) is 21.2. The monoisotopic (exact) mass is 1030 g/mol. The summed E-state index contributed by atoms with van der Waals surface area (Å²) in [5.41, 5.74) is 6.22. The number of rotatable bonds is 12. The Morgan fingerprint density at radius 1 is 0.714 bits per heavy atom. The average Bonchev–Trinajstić information content (AvgIpc) is 4.14. The van der Waals surface area contributed by atoms with Gasteiger partial charge in [0, 0.05) is 62.4 Å². The molecule has 70 heavy (non-hydrogen) atoms. The van der Waals surface area contributed by atoms with Crippen molar-refractivity contribution < 1.29 is 84.3 Å². The molecule has 8 rings (SSSR count). The molecule has 0 saturated carbocycles. The second kappa shape index (κ2) is 24.8. The standard InChI is InChI=1S/C22H22ClFN8O2.C14H13ClFN7.C7H9N2O2.K.H2O/c1-22(2,3)20-28-19(31-34-20)14(33)8-6-12-5-7-13(17(24)16(12)23)18-25-11-26-21(29-18)27-15-9-10-32(4)30-15;1-23-5-4-10(22-23)20-14-19-7-18-13(21-14)9-3-2-8(6-17)11(15)12(9)16;1-7(2,3)6-8-5(4-10)9-11-6;;/h5,7,9-11H,6,8H2,1-4H3,(H,25,26,27,29,30);2-5,7H,6,17H2,1H3,(H,18,19,20,21,22);1-3H3;;1H2/q;;-1;+1;/p-1. The second-order valence-electron chi connectivity index (χ2n) is 16.6. The average molecular weight is 1030 g/mol. The summed E-state index contributed by atoms with van der Waals surface area (Å²) in [5.74, 6) is 1.05. The molecule has 22 nitrogen and oxygen atoms in total. The maximum Gasteiger partial charge on any atom is 1.00 e. The molecular formula is C43H45Cl2F2KN17O5-.